The van der Waals surface area contributed by atoms with Crippen LogP contribution in [0.15, 0.2) is 48.5 Å². The predicted octanol–water partition coefficient (Wildman–Crippen LogP) is 20.1. The van der Waals surface area contributed by atoms with Gasteiger partial charge in [0.1, 0.15) is 54.8 Å². The number of thioether (sulfide) groups is 4. The van der Waals surface area contributed by atoms with Crippen molar-refractivity contribution in [1.82, 2.24) is 0 Å². The molecule has 0 amide bonds. The predicted molar refractivity (Wildman–Crippen MR) is 420 cm³/mol. The third-order valence-corrected chi connectivity index (χ3v) is 26.9. The number of hydrogen-bond donors (Lipinski definition) is 4. The summed E-state index contributed by atoms with van der Waals surface area (Å²) in [6.07, 6.45) is 29.6. The number of carbonyl (C=O) groups excluding carboxylic acids is 4. The zero-order valence-electron chi connectivity index (χ0n) is 62.9. The van der Waals surface area contributed by atoms with Gasteiger partial charge in [-0.2, -0.15) is 47.0 Å². The zero-order chi connectivity index (χ0) is 72.5. The van der Waals surface area contributed by atoms with Crippen LogP contribution in [0.25, 0.3) is 0 Å². The number of phenols is 4. The van der Waals surface area contributed by atoms with Gasteiger partial charge in [-0.15, -0.1) is 0 Å². The van der Waals surface area contributed by atoms with Crippen LogP contribution in [-0.4, -0.2) is 117 Å². The number of aromatic hydroxyl groups is 4. The van der Waals surface area contributed by atoms with Gasteiger partial charge < -0.3 is 39.4 Å². The Bertz CT molecular complexity index is 2880. The van der Waals surface area contributed by atoms with E-state index in [1.54, 1.807) is 47.0 Å². The molecule has 0 atom stereocenters. The van der Waals surface area contributed by atoms with Crippen LogP contribution in [0.5, 0.6) is 23.0 Å². The van der Waals surface area contributed by atoms with E-state index in [2.05, 4.69) is 104 Å². The van der Waals surface area contributed by atoms with Crippen molar-refractivity contribution >= 4 is 70.9 Å². The third kappa shape index (κ3) is 24.7. The molecule has 4 saturated carbocycles. The first-order valence-electron chi connectivity index (χ1n) is 38.7. The fourth-order valence-electron chi connectivity index (χ4n) is 16.4. The molecule has 0 radical (unpaired) electrons. The summed E-state index contributed by atoms with van der Waals surface area (Å²) in [6.45, 7) is 16.2. The summed E-state index contributed by atoms with van der Waals surface area (Å²) in [5.41, 5.74) is 11.3. The summed E-state index contributed by atoms with van der Waals surface area (Å²) >= 11 is 6.57. The van der Waals surface area contributed by atoms with Gasteiger partial charge in [0, 0.05) is 45.3 Å². The highest BCUT2D eigenvalue weighted by Crippen LogP contribution is 2.49. The zero-order valence-corrected chi connectivity index (χ0v) is 66.2. The van der Waals surface area contributed by atoms with Gasteiger partial charge in [0.2, 0.25) is 0 Å². The highest BCUT2D eigenvalue weighted by Gasteiger charge is 2.40. The van der Waals surface area contributed by atoms with Crippen LogP contribution < -0.4 is 0 Å². The smallest absolute Gasteiger partial charge is 0.306 e. The molecule has 4 aliphatic rings. The van der Waals surface area contributed by atoms with Crippen molar-refractivity contribution < 1.29 is 58.6 Å². The van der Waals surface area contributed by atoms with Crippen LogP contribution in [0.1, 0.15) is 274 Å². The number of rotatable bonds is 40. The molecular weight excluding hydrogens is 1340 g/mol. The van der Waals surface area contributed by atoms with E-state index in [-0.39, 0.29) is 73.8 Å². The normalized spacial score (nSPS) is 17.3. The SMILES string of the molecule is Cc1cc(CCCSCCC(=O)OCC(COC(=O)CCSCCCc2cc(C)cc(C3(C)CCCCC3)c2O)(COC(=O)CCSCCCc2cc(C)cc(C3(C)CCCCC3)c2O)COC(=O)CCSCCCc2cc(C)cc(C3(C)CCCCC3)c2O)c(O)c(C2(C)CCCCC2)c1. The molecule has 16 heteroatoms. The van der Waals surface area contributed by atoms with Crippen molar-refractivity contribution in [2.24, 2.45) is 5.41 Å². The van der Waals surface area contributed by atoms with Gasteiger partial charge in [-0.25, -0.2) is 0 Å². The van der Waals surface area contributed by atoms with Crippen molar-refractivity contribution in [2.75, 3.05) is 72.5 Å². The van der Waals surface area contributed by atoms with Gasteiger partial charge in [-0.3, -0.25) is 19.2 Å². The molecule has 0 aromatic heterocycles. The molecule has 0 aliphatic heterocycles. The number of phenolic OH excluding ortho intramolecular Hbond substituents is 4. The largest absolute Gasteiger partial charge is 0.507 e. The van der Waals surface area contributed by atoms with Crippen LogP contribution >= 0.6 is 47.0 Å². The maximum atomic E-state index is 13.8. The van der Waals surface area contributed by atoms with Crippen LogP contribution in [0.2, 0.25) is 0 Å². The lowest BCUT2D eigenvalue weighted by atomic mass is 9.70. The average molecular weight is 1470 g/mol. The number of hydrogen-bond acceptors (Lipinski definition) is 16. The molecule has 0 bridgehead atoms. The second-order valence-corrected chi connectivity index (χ2v) is 36.7. The Kier molecular flexibility index (Phi) is 32.6. The highest BCUT2D eigenvalue weighted by atomic mass is 32.2. The Morgan fingerprint density at radius 3 is 0.723 bits per heavy atom. The summed E-state index contributed by atoms with van der Waals surface area (Å²) < 4.78 is 24.2. The Morgan fingerprint density at radius 2 is 0.525 bits per heavy atom. The molecule has 4 aromatic rings. The van der Waals surface area contributed by atoms with Crippen LogP contribution in [-0.2, 0) is 85.5 Å². The summed E-state index contributed by atoms with van der Waals surface area (Å²) in [4.78, 5) is 55.1. The molecule has 4 fully saturated rings. The lowest BCUT2D eigenvalue weighted by Crippen LogP contribution is -2.44. The maximum Gasteiger partial charge on any atom is 0.306 e. The van der Waals surface area contributed by atoms with E-state index in [4.69, 9.17) is 18.9 Å². The Labute approximate surface area is 624 Å². The molecule has 12 nitrogen and oxygen atoms in total. The molecule has 4 aliphatic carbocycles. The van der Waals surface area contributed by atoms with E-state index < -0.39 is 29.3 Å². The minimum atomic E-state index is -1.42. The highest BCUT2D eigenvalue weighted by molar-refractivity contribution is 7.99. The van der Waals surface area contributed by atoms with Crippen LogP contribution in [0.4, 0.5) is 0 Å². The van der Waals surface area contributed by atoms with Gasteiger partial charge in [0.15, 0.2) is 0 Å². The standard InChI is InChI=1S/C85H124O12S4/c1-61-49-65(77(90)69(53-61)81(5)33-13-9-14-34-81)25-21-41-98-45-29-73(86)94-57-85(58-95-74(87)30-46-99-42-22-26-66-50-62(2)54-70(78(66)91)82(6)35-15-10-16-36-82,59-96-75(88)31-47-100-43-23-27-67-51-63(3)55-71(79(67)92)83(7)37-17-11-18-38-83)60-97-76(89)32-48-101-44-24-28-68-52-64(4)56-72(80(68)93)84(8)39-19-12-20-40-84/h49-56,90-93H,9-48,57-60H2,1-8H3. The van der Waals surface area contributed by atoms with Gasteiger partial charge in [-0.1, -0.05) is 176 Å². The third-order valence-electron chi connectivity index (χ3n) is 22.7. The Hall–Kier alpha value is -4.64. The Balaban J connectivity index is 0.883. The van der Waals surface area contributed by atoms with E-state index >= 15 is 0 Å². The Morgan fingerprint density at radius 1 is 0.327 bits per heavy atom. The minimum Gasteiger partial charge on any atom is -0.507 e. The van der Waals surface area contributed by atoms with Crippen LogP contribution in [0, 0.1) is 33.1 Å². The first-order chi connectivity index (χ1) is 48.4. The van der Waals surface area contributed by atoms with Crippen molar-refractivity contribution in [3.05, 3.63) is 115 Å². The average Bonchev–Trinajstić information content (AvgIpc) is 0.815. The van der Waals surface area contributed by atoms with Gasteiger partial charge in [0.05, 0.1) is 25.7 Å². The van der Waals surface area contributed by atoms with E-state index in [1.807, 2.05) is 0 Å². The molecule has 560 valence electrons. The second-order valence-electron chi connectivity index (χ2n) is 31.8. The minimum absolute atomic E-state index is 0.0205. The lowest BCUT2D eigenvalue weighted by molar-refractivity contribution is -0.170. The van der Waals surface area contributed by atoms with Crippen LogP contribution in [0.3, 0.4) is 0 Å². The van der Waals surface area contributed by atoms with Crippen molar-refractivity contribution in [1.29, 1.82) is 0 Å². The van der Waals surface area contributed by atoms with Crippen molar-refractivity contribution in [3.8, 4) is 23.0 Å². The van der Waals surface area contributed by atoms with Crippen molar-refractivity contribution in [3.63, 3.8) is 0 Å². The maximum absolute atomic E-state index is 13.8. The molecule has 8 rings (SSSR count). The van der Waals surface area contributed by atoms with E-state index in [9.17, 15) is 39.6 Å². The van der Waals surface area contributed by atoms with Crippen molar-refractivity contribution in [2.45, 2.75) is 283 Å². The molecule has 101 heavy (non-hydrogen) atoms. The first-order valence-corrected chi connectivity index (χ1v) is 43.3. The van der Waals surface area contributed by atoms with Gasteiger partial charge >= 0.3 is 23.9 Å². The van der Waals surface area contributed by atoms with E-state index in [0.717, 1.165) is 193 Å². The fourth-order valence-corrected chi connectivity index (χ4v) is 19.8. The topological polar surface area (TPSA) is 186 Å². The molecule has 4 N–H and O–H groups in total. The van der Waals surface area contributed by atoms with E-state index in [0.29, 0.717) is 46.0 Å². The number of esters is 4. The first kappa shape index (κ1) is 82.0. The molecule has 0 spiro atoms. The number of benzene rings is 4. The quantitative estimate of drug-likeness (QED) is 0.0187. The second kappa shape index (κ2) is 40.2. The van der Waals surface area contributed by atoms with Gasteiger partial charge in [0.25, 0.3) is 0 Å². The number of ether oxygens (including phenoxy) is 4. The van der Waals surface area contributed by atoms with Gasteiger partial charge in [-0.05, 0) is 197 Å². The molecule has 0 heterocycles. The molecule has 0 unspecified atom stereocenters. The number of aryl methyl sites for hydroxylation is 8. The molecule has 4 aromatic carbocycles. The summed E-state index contributed by atoms with van der Waals surface area (Å²) in [5.74, 6) is 4.85. The van der Waals surface area contributed by atoms with E-state index in [1.165, 1.54) is 77.0 Å². The monoisotopic (exact) mass is 1460 g/mol. The fraction of sp³-hybridized carbons (Fsp3) is 0.671. The molecule has 0 saturated heterocycles. The molecular formula is C85H124O12S4. The summed E-state index contributed by atoms with van der Waals surface area (Å²) in [5, 5.41) is 46.1. The lowest BCUT2D eigenvalue weighted by Gasteiger charge is -2.35. The summed E-state index contributed by atoms with van der Waals surface area (Å²) in [6, 6.07) is 17.0. The summed E-state index contributed by atoms with van der Waals surface area (Å²) in [7, 11) is 0. The number of carbonyl (C=O) groups is 4.